The standard InChI is InChI=1S/C19H18FN3O3/c1-4-26-19(25)17-11(2)16(22-12(17)3)9-13(10-21)18(24)23-15-8-6-5-7-14(15)20/h5-9,22H,4H2,1-3H3,(H,23,24)/b13-9+. The van der Waals surface area contributed by atoms with Gasteiger partial charge in [0.05, 0.1) is 17.9 Å². The number of aromatic amines is 1. The van der Waals surface area contributed by atoms with Crippen LogP contribution < -0.4 is 5.32 Å². The molecule has 1 heterocycles. The maximum atomic E-state index is 13.7. The Balaban J connectivity index is 2.33. The predicted molar refractivity (Wildman–Crippen MR) is 94.8 cm³/mol. The number of nitrogens with one attached hydrogen (secondary N) is 2. The number of halogens is 1. The summed E-state index contributed by atoms with van der Waals surface area (Å²) in [6, 6.07) is 7.45. The smallest absolute Gasteiger partial charge is 0.340 e. The molecular weight excluding hydrogens is 337 g/mol. The van der Waals surface area contributed by atoms with E-state index in [9.17, 15) is 19.2 Å². The first-order valence-corrected chi connectivity index (χ1v) is 7.93. The van der Waals surface area contributed by atoms with Crippen LogP contribution in [0.5, 0.6) is 0 Å². The quantitative estimate of drug-likeness (QED) is 0.487. The fourth-order valence-corrected chi connectivity index (χ4v) is 2.47. The van der Waals surface area contributed by atoms with Crippen molar-refractivity contribution >= 4 is 23.6 Å². The first kappa shape index (κ1) is 18.9. The third-order valence-corrected chi connectivity index (χ3v) is 3.73. The van der Waals surface area contributed by atoms with Gasteiger partial charge in [0.15, 0.2) is 0 Å². The minimum atomic E-state index is -0.748. The van der Waals surface area contributed by atoms with Crippen molar-refractivity contribution in [1.29, 1.82) is 5.26 Å². The van der Waals surface area contributed by atoms with E-state index in [4.69, 9.17) is 4.74 Å². The van der Waals surface area contributed by atoms with Crippen molar-refractivity contribution in [3.63, 3.8) is 0 Å². The zero-order valence-corrected chi connectivity index (χ0v) is 14.6. The minimum absolute atomic E-state index is 0.0229. The summed E-state index contributed by atoms with van der Waals surface area (Å²) in [6.07, 6.45) is 1.32. The second-order valence-electron chi connectivity index (χ2n) is 5.49. The average Bonchev–Trinajstić information content (AvgIpc) is 2.88. The molecule has 0 aliphatic heterocycles. The number of hydrogen-bond donors (Lipinski definition) is 2. The third-order valence-electron chi connectivity index (χ3n) is 3.73. The van der Waals surface area contributed by atoms with Crippen LogP contribution >= 0.6 is 0 Å². The van der Waals surface area contributed by atoms with Crippen molar-refractivity contribution in [1.82, 2.24) is 4.98 Å². The van der Waals surface area contributed by atoms with Crippen LogP contribution in [-0.4, -0.2) is 23.5 Å². The zero-order valence-electron chi connectivity index (χ0n) is 14.6. The Morgan fingerprint density at radius 2 is 2.04 bits per heavy atom. The van der Waals surface area contributed by atoms with E-state index in [0.29, 0.717) is 22.5 Å². The molecule has 0 radical (unpaired) electrons. The molecule has 134 valence electrons. The van der Waals surface area contributed by atoms with Crippen LogP contribution in [-0.2, 0) is 9.53 Å². The van der Waals surface area contributed by atoms with E-state index < -0.39 is 17.7 Å². The highest BCUT2D eigenvalue weighted by atomic mass is 19.1. The molecule has 0 fully saturated rings. The largest absolute Gasteiger partial charge is 0.462 e. The molecule has 0 saturated heterocycles. The summed E-state index contributed by atoms with van der Waals surface area (Å²) in [4.78, 5) is 27.2. The number of amides is 1. The van der Waals surface area contributed by atoms with Crippen LogP contribution in [0.3, 0.4) is 0 Å². The van der Waals surface area contributed by atoms with Gasteiger partial charge < -0.3 is 15.0 Å². The molecule has 0 saturated carbocycles. The molecule has 2 N–H and O–H groups in total. The minimum Gasteiger partial charge on any atom is -0.462 e. The summed E-state index contributed by atoms with van der Waals surface area (Å²) in [5.41, 5.74) is 1.68. The summed E-state index contributed by atoms with van der Waals surface area (Å²) in [7, 11) is 0. The Hall–Kier alpha value is -3.40. The highest BCUT2D eigenvalue weighted by Crippen LogP contribution is 2.22. The van der Waals surface area contributed by atoms with E-state index in [2.05, 4.69) is 10.3 Å². The van der Waals surface area contributed by atoms with E-state index in [1.165, 1.54) is 24.3 Å². The van der Waals surface area contributed by atoms with Gasteiger partial charge in [-0.1, -0.05) is 12.1 Å². The molecule has 0 bridgehead atoms. The van der Waals surface area contributed by atoms with E-state index in [-0.39, 0.29) is 17.9 Å². The molecule has 7 heteroatoms. The van der Waals surface area contributed by atoms with Gasteiger partial charge in [-0.05, 0) is 44.5 Å². The third kappa shape index (κ3) is 3.98. The van der Waals surface area contributed by atoms with Crippen LogP contribution in [0, 0.1) is 31.0 Å². The zero-order chi connectivity index (χ0) is 19.3. The number of anilines is 1. The second-order valence-corrected chi connectivity index (χ2v) is 5.49. The number of hydrogen-bond acceptors (Lipinski definition) is 4. The van der Waals surface area contributed by atoms with Gasteiger partial charge in [0.25, 0.3) is 5.91 Å². The van der Waals surface area contributed by atoms with Crippen molar-refractivity contribution in [3.8, 4) is 6.07 Å². The normalized spacial score (nSPS) is 11.0. The number of rotatable bonds is 5. The number of carbonyl (C=O) groups is 2. The molecule has 6 nitrogen and oxygen atoms in total. The first-order chi connectivity index (χ1) is 12.4. The number of aromatic nitrogens is 1. The van der Waals surface area contributed by atoms with Crippen LogP contribution in [0.1, 0.15) is 34.2 Å². The SMILES string of the molecule is CCOC(=O)c1c(C)[nH]c(/C=C(\C#N)C(=O)Nc2ccccc2F)c1C. The summed E-state index contributed by atoms with van der Waals surface area (Å²) < 4.78 is 18.7. The maximum absolute atomic E-state index is 13.7. The fourth-order valence-electron chi connectivity index (χ4n) is 2.47. The van der Waals surface area contributed by atoms with E-state index in [1.54, 1.807) is 32.9 Å². The van der Waals surface area contributed by atoms with Crippen molar-refractivity contribution < 1.29 is 18.7 Å². The number of para-hydroxylation sites is 1. The van der Waals surface area contributed by atoms with Crippen molar-refractivity contribution in [2.24, 2.45) is 0 Å². The number of nitrogens with zero attached hydrogens (tertiary/aromatic N) is 1. The van der Waals surface area contributed by atoms with Gasteiger partial charge in [0, 0.05) is 11.4 Å². The molecule has 2 rings (SSSR count). The van der Waals surface area contributed by atoms with Crippen molar-refractivity contribution in [2.45, 2.75) is 20.8 Å². The number of H-pyrrole nitrogens is 1. The highest BCUT2D eigenvalue weighted by Gasteiger charge is 2.20. The van der Waals surface area contributed by atoms with Crippen LogP contribution in [0.2, 0.25) is 0 Å². The van der Waals surface area contributed by atoms with E-state index in [0.717, 1.165) is 0 Å². The molecule has 1 aromatic carbocycles. The van der Waals surface area contributed by atoms with Gasteiger partial charge in [-0.3, -0.25) is 4.79 Å². The maximum Gasteiger partial charge on any atom is 0.340 e. The lowest BCUT2D eigenvalue weighted by molar-refractivity contribution is -0.112. The van der Waals surface area contributed by atoms with Gasteiger partial charge >= 0.3 is 5.97 Å². The molecular formula is C19H18FN3O3. The summed E-state index contributed by atoms with van der Waals surface area (Å²) in [5, 5.41) is 11.6. The van der Waals surface area contributed by atoms with Gasteiger partial charge in [-0.2, -0.15) is 5.26 Å². The summed E-state index contributed by atoms with van der Waals surface area (Å²) in [5.74, 6) is -1.83. The molecule has 1 aromatic heterocycles. The molecule has 2 aromatic rings. The first-order valence-electron chi connectivity index (χ1n) is 7.93. The molecule has 0 aliphatic carbocycles. The fraction of sp³-hybridized carbons (Fsp3) is 0.211. The van der Waals surface area contributed by atoms with E-state index >= 15 is 0 Å². The molecule has 0 spiro atoms. The van der Waals surface area contributed by atoms with Gasteiger partial charge in [0.2, 0.25) is 0 Å². The molecule has 1 amide bonds. The number of esters is 1. The summed E-state index contributed by atoms with van der Waals surface area (Å²) >= 11 is 0. The van der Waals surface area contributed by atoms with E-state index in [1.807, 2.05) is 0 Å². The topological polar surface area (TPSA) is 95.0 Å². The number of ether oxygens (including phenoxy) is 1. The van der Waals surface area contributed by atoms with Crippen LogP contribution in [0.15, 0.2) is 29.8 Å². The lowest BCUT2D eigenvalue weighted by Crippen LogP contribution is -2.14. The highest BCUT2D eigenvalue weighted by molar-refractivity contribution is 6.10. The average molecular weight is 355 g/mol. The lowest BCUT2D eigenvalue weighted by Gasteiger charge is -2.05. The Kier molecular flexibility index (Phi) is 5.91. The molecule has 26 heavy (non-hydrogen) atoms. The molecule has 0 atom stereocenters. The van der Waals surface area contributed by atoms with Crippen LogP contribution in [0.4, 0.5) is 10.1 Å². The predicted octanol–water partition coefficient (Wildman–Crippen LogP) is 3.49. The van der Waals surface area contributed by atoms with Crippen molar-refractivity contribution in [2.75, 3.05) is 11.9 Å². The second kappa shape index (κ2) is 8.12. The number of aryl methyl sites for hydroxylation is 1. The summed E-state index contributed by atoms with van der Waals surface area (Å²) in [6.45, 7) is 5.33. The van der Waals surface area contributed by atoms with Gasteiger partial charge in [-0.15, -0.1) is 0 Å². The Bertz CT molecular complexity index is 923. The van der Waals surface area contributed by atoms with Gasteiger partial charge in [-0.25, -0.2) is 9.18 Å². The number of carbonyl (C=O) groups excluding carboxylic acids is 2. The lowest BCUT2D eigenvalue weighted by atomic mass is 10.1. The van der Waals surface area contributed by atoms with Crippen LogP contribution in [0.25, 0.3) is 6.08 Å². The Morgan fingerprint density at radius 3 is 2.65 bits per heavy atom. The Labute approximate surface area is 150 Å². The number of nitriles is 1. The van der Waals surface area contributed by atoms with Gasteiger partial charge in [0.1, 0.15) is 17.5 Å². The molecule has 0 unspecified atom stereocenters. The number of benzene rings is 1. The monoisotopic (exact) mass is 355 g/mol. The van der Waals surface area contributed by atoms with Crippen molar-refractivity contribution in [3.05, 3.63) is 58.2 Å². The molecule has 0 aliphatic rings. The Morgan fingerprint density at radius 1 is 1.35 bits per heavy atom.